The smallest absolute Gasteiger partial charge is 0.469 e. The summed E-state index contributed by atoms with van der Waals surface area (Å²) in [6, 6.07) is 4.20. The largest absolute Gasteiger partial charge is 0.505 e. The zero-order chi connectivity index (χ0) is 27.9. The molecule has 0 amide bonds. The molecule has 1 heterocycles. The third-order valence-electron chi connectivity index (χ3n) is 4.90. The van der Waals surface area contributed by atoms with E-state index in [4.69, 9.17) is 9.79 Å². The molecule has 0 aliphatic carbocycles. The van der Waals surface area contributed by atoms with E-state index in [1.54, 1.807) is 0 Å². The monoisotopic (exact) mass is 575 g/mol. The third kappa shape index (κ3) is 6.41. The van der Waals surface area contributed by atoms with Gasteiger partial charge >= 0.3 is 7.82 Å². The fraction of sp³-hybridized carbons (Fsp3) is 0.158. The summed E-state index contributed by atoms with van der Waals surface area (Å²) < 4.78 is 82.8. The van der Waals surface area contributed by atoms with Gasteiger partial charge in [-0.05, 0) is 43.7 Å². The van der Waals surface area contributed by atoms with Crippen LogP contribution in [0.2, 0.25) is 0 Å². The van der Waals surface area contributed by atoms with E-state index in [1.165, 1.54) is 19.9 Å². The fourth-order valence-corrected chi connectivity index (χ4v) is 5.14. The van der Waals surface area contributed by atoms with Gasteiger partial charge in [0, 0.05) is 16.3 Å². The van der Waals surface area contributed by atoms with E-state index in [9.17, 15) is 40.4 Å². The van der Waals surface area contributed by atoms with Crippen LogP contribution in [0.4, 0.5) is 11.5 Å². The van der Waals surface area contributed by atoms with Crippen molar-refractivity contribution in [3.05, 3.63) is 46.6 Å². The molecule has 0 atom stereocenters. The number of hydrogen-bond donors (Lipinski definition) is 5. The molecule has 2 aromatic carbocycles. The molecular formula is C19H18N3O12PS2. The van der Waals surface area contributed by atoms with Crippen LogP contribution in [-0.4, -0.2) is 52.1 Å². The van der Waals surface area contributed by atoms with Crippen LogP contribution in [0.5, 0.6) is 5.75 Å². The van der Waals surface area contributed by atoms with Gasteiger partial charge in [0.1, 0.15) is 15.5 Å². The molecule has 18 heteroatoms. The van der Waals surface area contributed by atoms with Crippen molar-refractivity contribution in [3.8, 4) is 5.75 Å². The minimum absolute atomic E-state index is 0.128. The molecule has 3 aromatic rings. The number of aromatic nitrogens is 1. The number of fused-ring (bicyclic) bond motifs is 1. The first-order chi connectivity index (χ1) is 16.9. The number of aromatic hydroxyl groups is 1. The molecule has 0 aliphatic rings. The van der Waals surface area contributed by atoms with Crippen molar-refractivity contribution in [2.24, 2.45) is 10.2 Å². The van der Waals surface area contributed by atoms with Crippen molar-refractivity contribution in [1.29, 1.82) is 0 Å². The van der Waals surface area contributed by atoms with Crippen molar-refractivity contribution in [2.45, 2.75) is 30.2 Å². The lowest BCUT2D eigenvalue weighted by Crippen LogP contribution is -2.04. The van der Waals surface area contributed by atoms with Gasteiger partial charge in [0.05, 0.1) is 23.6 Å². The Morgan fingerprint density at radius 1 is 0.973 bits per heavy atom. The summed E-state index contributed by atoms with van der Waals surface area (Å²) >= 11 is 0. The van der Waals surface area contributed by atoms with Crippen LogP contribution in [0.1, 0.15) is 27.2 Å². The van der Waals surface area contributed by atoms with Crippen molar-refractivity contribution >= 4 is 56.6 Å². The second-order valence-electron chi connectivity index (χ2n) is 7.60. The van der Waals surface area contributed by atoms with E-state index < -0.39 is 61.6 Å². The van der Waals surface area contributed by atoms with Gasteiger partial charge in [-0.3, -0.25) is 18.4 Å². The highest BCUT2D eigenvalue weighted by atomic mass is 32.2. The molecule has 0 spiro atoms. The van der Waals surface area contributed by atoms with E-state index in [0.717, 1.165) is 18.2 Å². The Balaban J connectivity index is 2.30. The van der Waals surface area contributed by atoms with Crippen LogP contribution in [0.3, 0.4) is 0 Å². The number of aryl methyl sites for hydroxylation is 2. The van der Waals surface area contributed by atoms with Crippen LogP contribution < -0.4 is 0 Å². The zero-order valence-electron chi connectivity index (χ0n) is 18.8. The van der Waals surface area contributed by atoms with Gasteiger partial charge < -0.3 is 14.9 Å². The molecule has 5 N–H and O–H groups in total. The number of hydrogen-bond acceptors (Lipinski definition) is 11. The Labute approximate surface area is 209 Å². The summed E-state index contributed by atoms with van der Waals surface area (Å²) in [6.07, 6.45) is 0.161. The SMILES string of the molecule is Cc1cc(S(=O)(=O)O)c2cc(/N=N\c3nc(C)c(O)c(C=O)c3COP(=O)(O)O)cc(S(=O)(=O)O)c2c1. The third-order valence-corrected chi connectivity index (χ3v) is 7.15. The second-order valence-corrected chi connectivity index (χ2v) is 11.6. The van der Waals surface area contributed by atoms with Crippen LogP contribution in [-0.2, 0) is 35.9 Å². The molecule has 1 aromatic heterocycles. The molecule has 0 fully saturated rings. The molecule has 0 aliphatic heterocycles. The highest BCUT2D eigenvalue weighted by molar-refractivity contribution is 7.86. The molecule has 0 unspecified atom stereocenters. The first-order valence-corrected chi connectivity index (χ1v) is 14.2. The van der Waals surface area contributed by atoms with Gasteiger partial charge in [0.25, 0.3) is 20.2 Å². The second kappa shape index (κ2) is 9.96. The first-order valence-electron chi connectivity index (χ1n) is 9.75. The lowest BCUT2D eigenvalue weighted by Gasteiger charge is -2.12. The number of rotatable bonds is 8. The number of benzene rings is 2. The summed E-state index contributed by atoms with van der Waals surface area (Å²) in [5.74, 6) is -1.08. The van der Waals surface area contributed by atoms with Crippen molar-refractivity contribution in [2.75, 3.05) is 0 Å². The molecular weight excluding hydrogens is 557 g/mol. The standard InChI is InChI=1S/C19H18N3O12PS2/c1-9-3-12-13(16(4-9)36(28,29)30)5-11(6-17(12)37(31,32)33)21-22-19-15(8-34-35(25,26)27)14(7-23)18(24)10(2)20-19/h3-7,24H,8H2,1-2H3,(H2,25,26,27)(H,28,29,30)(H,31,32,33)/b22-21-. The van der Waals surface area contributed by atoms with Crippen LogP contribution in [0.25, 0.3) is 10.8 Å². The van der Waals surface area contributed by atoms with Gasteiger partial charge in [-0.2, -0.15) is 16.8 Å². The van der Waals surface area contributed by atoms with Crippen LogP contribution in [0, 0.1) is 13.8 Å². The predicted molar refractivity (Wildman–Crippen MR) is 125 cm³/mol. The quantitative estimate of drug-likeness (QED) is 0.112. The number of phosphoric ester groups is 1. The number of aldehydes is 1. The Hall–Kier alpha value is -3.15. The Morgan fingerprint density at radius 2 is 1.54 bits per heavy atom. The molecule has 3 rings (SSSR count). The van der Waals surface area contributed by atoms with Gasteiger partial charge in [-0.1, -0.05) is 0 Å². The average Bonchev–Trinajstić information content (AvgIpc) is 2.75. The van der Waals surface area contributed by atoms with Crippen LogP contribution in [0.15, 0.2) is 44.3 Å². The highest BCUT2D eigenvalue weighted by Gasteiger charge is 2.24. The van der Waals surface area contributed by atoms with Gasteiger partial charge in [0.2, 0.25) is 0 Å². The maximum atomic E-state index is 12.0. The van der Waals surface area contributed by atoms with Crippen molar-refractivity contribution < 1.29 is 54.7 Å². The molecule has 0 radical (unpaired) electrons. The van der Waals surface area contributed by atoms with Crippen LogP contribution >= 0.6 is 7.82 Å². The molecule has 37 heavy (non-hydrogen) atoms. The van der Waals surface area contributed by atoms with Gasteiger partial charge in [-0.15, -0.1) is 10.2 Å². The number of nitrogens with zero attached hydrogens (tertiary/aromatic N) is 3. The first kappa shape index (κ1) is 28.4. The van der Waals surface area contributed by atoms with E-state index in [-0.39, 0.29) is 39.6 Å². The minimum Gasteiger partial charge on any atom is -0.505 e. The number of carbonyl (C=O) groups is 1. The zero-order valence-corrected chi connectivity index (χ0v) is 21.3. The minimum atomic E-state index is -5.04. The highest BCUT2D eigenvalue weighted by Crippen LogP contribution is 2.40. The van der Waals surface area contributed by atoms with E-state index in [2.05, 4.69) is 19.7 Å². The molecule has 0 saturated heterocycles. The van der Waals surface area contributed by atoms with E-state index >= 15 is 0 Å². The fourth-order valence-electron chi connectivity index (χ4n) is 3.35. The Morgan fingerprint density at radius 3 is 2.08 bits per heavy atom. The lowest BCUT2D eigenvalue weighted by molar-refractivity contribution is 0.111. The number of phosphoric acid groups is 1. The Kier molecular flexibility index (Phi) is 7.65. The summed E-state index contributed by atoms with van der Waals surface area (Å²) in [5, 5.41) is 17.0. The number of carbonyl (C=O) groups excluding carboxylic acids is 1. The number of azo groups is 1. The normalized spacial score (nSPS) is 12.9. The summed E-state index contributed by atoms with van der Waals surface area (Å²) in [5.41, 5.74) is -1.08. The van der Waals surface area contributed by atoms with E-state index in [1.807, 2.05) is 0 Å². The predicted octanol–water partition coefficient (Wildman–Crippen LogP) is 2.89. The maximum Gasteiger partial charge on any atom is 0.469 e. The molecule has 0 saturated carbocycles. The summed E-state index contributed by atoms with van der Waals surface area (Å²) in [4.78, 5) is 32.0. The van der Waals surface area contributed by atoms with E-state index in [0.29, 0.717) is 0 Å². The molecule has 15 nitrogen and oxygen atoms in total. The number of pyridine rings is 1. The maximum absolute atomic E-state index is 12.0. The van der Waals surface area contributed by atoms with Crippen molar-refractivity contribution in [1.82, 2.24) is 4.98 Å². The molecule has 0 bridgehead atoms. The average molecular weight is 575 g/mol. The van der Waals surface area contributed by atoms with Crippen molar-refractivity contribution in [3.63, 3.8) is 0 Å². The van der Waals surface area contributed by atoms with Gasteiger partial charge in [-0.25, -0.2) is 9.55 Å². The summed E-state index contributed by atoms with van der Waals surface area (Å²) in [7, 11) is -14.8. The summed E-state index contributed by atoms with van der Waals surface area (Å²) in [6.45, 7) is 1.77. The Bertz CT molecular complexity index is 1730. The lowest BCUT2D eigenvalue weighted by atomic mass is 10.1. The van der Waals surface area contributed by atoms with Gasteiger partial charge in [0.15, 0.2) is 12.1 Å². The molecule has 198 valence electrons. The topological polar surface area (TPSA) is 250 Å².